The number of hydrogen-bond acceptors (Lipinski definition) is 3. The predicted octanol–water partition coefficient (Wildman–Crippen LogP) is 5.48. The van der Waals surface area contributed by atoms with Crippen LogP contribution in [0.4, 0.5) is 5.69 Å². The molecule has 1 aliphatic carbocycles. The zero-order chi connectivity index (χ0) is 20.1. The number of pyridine rings is 1. The summed E-state index contributed by atoms with van der Waals surface area (Å²) in [5, 5.41) is 8.76. The average molecular weight is 406 g/mol. The van der Waals surface area contributed by atoms with Crippen molar-refractivity contribution in [2.45, 2.75) is 44.1 Å². The van der Waals surface area contributed by atoms with Crippen molar-refractivity contribution in [1.82, 2.24) is 10.3 Å². The monoisotopic (exact) mass is 405 g/mol. The molecule has 0 amide bonds. The van der Waals surface area contributed by atoms with E-state index in [1.807, 2.05) is 24.3 Å². The summed E-state index contributed by atoms with van der Waals surface area (Å²) in [6.45, 7) is 0. The van der Waals surface area contributed by atoms with Crippen molar-refractivity contribution >= 4 is 33.9 Å². The maximum Gasteiger partial charge on any atom is 0.171 e. The standard InChI is InChI=1S/C24H27N3OS/c1-28-21-12-11-20(19-10-7-17-25-22(19)21)26-23(29)27-24(14-5-6-15-24)16-13-18-8-3-2-4-9-18/h2-4,7-12,17H,5-6,13-16H2,1H3,(H2,26,27,29). The lowest BCUT2D eigenvalue weighted by Gasteiger charge is -2.32. The molecule has 4 rings (SSSR count). The molecule has 5 heteroatoms. The first-order chi connectivity index (χ1) is 14.2. The highest BCUT2D eigenvalue weighted by Crippen LogP contribution is 2.34. The molecule has 0 radical (unpaired) electrons. The third-order valence-corrected chi connectivity index (χ3v) is 6.08. The smallest absolute Gasteiger partial charge is 0.171 e. The summed E-state index contributed by atoms with van der Waals surface area (Å²) >= 11 is 5.73. The van der Waals surface area contributed by atoms with Crippen LogP contribution in [-0.4, -0.2) is 22.7 Å². The first-order valence-corrected chi connectivity index (χ1v) is 10.6. The fourth-order valence-corrected chi connectivity index (χ4v) is 4.66. The second-order valence-electron chi connectivity index (χ2n) is 7.77. The van der Waals surface area contributed by atoms with Gasteiger partial charge in [-0.25, -0.2) is 0 Å². The van der Waals surface area contributed by atoms with Gasteiger partial charge in [-0.1, -0.05) is 43.2 Å². The van der Waals surface area contributed by atoms with E-state index in [0.717, 1.165) is 48.0 Å². The Morgan fingerprint density at radius 3 is 2.62 bits per heavy atom. The van der Waals surface area contributed by atoms with Crippen molar-refractivity contribution in [2.75, 3.05) is 12.4 Å². The summed E-state index contributed by atoms with van der Waals surface area (Å²) in [6, 6.07) is 18.6. The number of rotatable bonds is 6. The van der Waals surface area contributed by atoms with Crippen LogP contribution in [0.15, 0.2) is 60.8 Å². The van der Waals surface area contributed by atoms with Crippen molar-refractivity contribution in [3.05, 3.63) is 66.4 Å². The second kappa shape index (κ2) is 8.78. The molecule has 0 saturated heterocycles. The van der Waals surface area contributed by atoms with Crippen LogP contribution in [0.3, 0.4) is 0 Å². The van der Waals surface area contributed by atoms with Gasteiger partial charge in [-0.15, -0.1) is 0 Å². The van der Waals surface area contributed by atoms with E-state index in [0.29, 0.717) is 5.11 Å². The molecule has 0 bridgehead atoms. The highest BCUT2D eigenvalue weighted by Gasteiger charge is 2.34. The molecule has 3 aromatic rings. The Labute approximate surface area is 177 Å². The number of methoxy groups -OCH3 is 1. The molecule has 2 N–H and O–H groups in total. The summed E-state index contributed by atoms with van der Waals surface area (Å²) in [5.74, 6) is 0.764. The van der Waals surface area contributed by atoms with Gasteiger partial charge in [0.25, 0.3) is 0 Å². The summed E-state index contributed by atoms with van der Waals surface area (Å²) in [7, 11) is 1.67. The number of ether oxygens (including phenoxy) is 1. The van der Waals surface area contributed by atoms with Gasteiger partial charge in [-0.3, -0.25) is 4.98 Å². The zero-order valence-electron chi connectivity index (χ0n) is 16.8. The van der Waals surface area contributed by atoms with Gasteiger partial charge >= 0.3 is 0 Å². The van der Waals surface area contributed by atoms with E-state index in [4.69, 9.17) is 17.0 Å². The van der Waals surface area contributed by atoms with Gasteiger partial charge in [0, 0.05) is 22.8 Å². The lowest BCUT2D eigenvalue weighted by Crippen LogP contribution is -2.48. The number of aryl methyl sites for hydroxylation is 1. The molecule has 0 atom stereocenters. The Kier molecular flexibility index (Phi) is 5.95. The van der Waals surface area contributed by atoms with Crippen molar-refractivity contribution in [3.8, 4) is 5.75 Å². The quantitative estimate of drug-likeness (QED) is 0.532. The highest BCUT2D eigenvalue weighted by molar-refractivity contribution is 7.80. The molecule has 1 heterocycles. The third kappa shape index (κ3) is 4.51. The summed E-state index contributed by atoms with van der Waals surface area (Å²) < 4.78 is 5.45. The number of benzene rings is 2. The first kappa shape index (κ1) is 19.6. The van der Waals surface area contributed by atoms with E-state index < -0.39 is 0 Å². The second-order valence-corrected chi connectivity index (χ2v) is 8.18. The van der Waals surface area contributed by atoms with Crippen LogP contribution >= 0.6 is 12.2 Å². The van der Waals surface area contributed by atoms with Crippen LogP contribution in [0.5, 0.6) is 5.75 Å². The van der Waals surface area contributed by atoms with Gasteiger partial charge in [-0.05, 0) is 67.7 Å². The van der Waals surface area contributed by atoms with Crippen molar-refractivity contribution in [1.29, 1.82) is 0 Å². The van der Waals surface area contributed by atoms with Gasteiger partial charge in [0.15, 0.2) is 5.11 Å². The van der Waals surface area contributed by atoms with E-state index >= 15 is 0 Å². The van der Waals surface area contributed by atoms with E-state index in [-0.39, 0.29) is 5.54 Å². The van der Waals surface area contributed by atoms with E-state index in [1.165, 1.54) is 18.4 Å². The van der Waals surface area contributed by atoms with Crippen molar-refractivity contribution < 1.29 is 4.74 Å². The fraction of sp³-hybridized carbons (Fsp3) is 0.333. The summed E-state index contributed by atoms with van der Waals surface area (Å²) in [6.07, 6.45) is 8.75. The lowest BCUT2D eigenvalue weighted by molar-refractivity contribution is 0.362. The fourth-order valence-electron chi connectivity index (χ4n) is 4.33. The molecular formula is C24H27N3OS. The zero-order valence-corrected chi connectivity index (χ0v) is 17.6. The molecule has 0 unspecified atom stereocenters. The molecule has 4 nitrogen and oxygen atoms in total. The number of aromatic nitrogens is 1. The maximum absolute atomic E-state index is 5.73. The van der Waals surface area contributed by atoms with Crippen LogP contribution in [0, 0.1) is 0 Å². The minimum Gasteiger partial charge on any atom is -0.494 e. The highest BCUT2D eigenvalue weighted by atomic mass is 32.1. The molecule has 150 valence electrons. The van der Waals surface area contributed by atoms with Crippen molar-refractivity contribution in [3.63, 3.8) is 0 Å². The van der Waals surface area contributed by atoms with E-state index in [9.17, 15) is 0 Å². The number of hydrogen-bond donors (Lipinski definition) is 2. The van der Waals surface area contributed by atoms with Crippen LogP contribution in [0.2, 0.25) is 0 Å². The molecule has 1 saturated carbocycles. The van der Waals surface area contributed by atoms with E-state index in [2.05, 4.69) is 45.9 Å². The first-order valence-electron chi connectivity index (χ1n) is 10.2. The average Bonchev–Trinajstić information content (AvgIpc) is 3.22. The van der Waals surface area contributed by atoms with Crippen LogP contribution in [0.1, 0.15) is 37.7 Å². The van der Waals surface area contributed by atoms with Crippen LogP contribution < -0.4 is 15.4 Å². The summed E-state index contributed by atoms with van der Waals surface area (Å²) in [5.41, 5.74) is 3.23. The largest absolute Gasteiger partial charge is 0.494 e. The molecule has 0 spiro atoms. The van der Waals surface area contributed by atoms with Gasteiger partial charge in [0.2, 0.25) is 0 Å². The molecule has 1 aromatic heterocycles. The summed E-state index contributed by atoms with van der Waals surface area (Å²) in [4.78, 5) is 4.47. The van der Waals surface area contributed by atoms with Gasteiger partial charge in [-0.2, -0.15) is 0 Å². The molecular weight excluding hydrogens is 378 g/mol. The Balaban J connectivity index is 1.48. The normalized spacial score (nSPS) is 15.2. The van der Waals surface area contributed by atoms with Crippen molar-refractivity contribution in [2.24, 2.45) is 0 Å². The molecule has 0 aliphatic heterocycles. The van der Waals surface area contributed by atoms with Crippen LogP contribution in [-0.2, 0) is 6.42 Å². The van der Waals surface area contributed by atoms with E-state index in [1.54, 1.807) is 13.3 Å². The number of nitrogens with one attached hydrogen (secondary N) is 2. The number of thiocarbonyl (C=S) groups is 1. The number of fused-ring (bicyclic) bond motifs is 1. The Morgan fingerprint density at radius 2 is 1.86 bits per heavy atom. The Bertz CT molecular complexity index is 984. The SMILES string of the molecule is COc1ccc(NC(=S)NC2(CCc3ccccc3)CCCC2)c2cccnc12. The van der Waals surface area contributed by atoms with Gasteiger partial charge < -0.3 is 15.4 Å². The predicted molar refractivity (Wildman–Crippen MR) is 124 cm³/mol. The van der Waals surface area contributed by atoms with Crippen LogP contribution in [0.25, 0.3) is 10.9 Å². The van der Waals surface area contributed by atoms with Gasteiger partial charge in [0.05, 0.1) is 7.11 Å². The maximum atomic E-state index is 5.73. The minimum absolute atomic E-state index is 0.0699. The number of nitrogens with zero attached hydrogens (tertiary/aromatic N) is 1. The topological polar surface area (TPSA) is 46.2 Å². The lowest BCUT2D eigenvalue weighted by atomic mass is 9.89. The molecule has 29 heavy (non-hydrogen) atoms. The Morgan fingerprint density at radius 1 is 1.07 bits per heavy atom. The Hall–Kier alpha value is -2.66. The molecule has 1 aliphatic rings. The number of anilines is 1. The minimum atomic E-state index is 0.0699. The molecule has 2 aromatic carbocycles. The molecule has 1 fully saturated rings. The third-order valence-electron chi connectivity index (χ3n) is 5.88. The van der Waals surface area contributed by atoms with Gasteiger partial charge in [0.1, 0.15) is 11.3 Å².